The van der Waals surface area contributed by atoms with Crippen LogP contribution in [0.2, 0.25) is 0 Å². The molecular formula is C11H23NO2S. The fourth-order valence-corrected chi connectivity index (χ4v) is 3.20. The lowest BCUT2D eigenvalue weighted by atomic mass is 10.2. The quantitative estimate of drug-likeness (QED) is 0.614. The van der Waals surface area contributed by atoms with Crippen LogP contribution in [-0.4, -0.2) is 46.5 Å². The van der Waals surface area contributed by atoms with E-state index in [-0.39, 0.29) is 6.61 Å². The first-order valence-electron chi connectivity index (χ1n) is 5.90. The largest absolute Gasteiger partial charge is 0.394 e. The third-order valence-corrected chi connectivity index (χ3v) is 4.28. The summed E-state index contributed by atoms with van der Waals surface area (Å²) >= 11 is 1.80. The third-order valence-electron chi connectivity index (χ3n) is 2.80. The lowest BCUT2D eigenvalue weighted by molar-refractivity contribution is 0.113. The summed E-state index contributed by atoms with van der Waals surface area (Å²) in [6, 6.07) is 0.675. The highest BCUT2D eigenvalue weighted by molar-refractivity contribution is 7.99. The normalized spacial score (nSPS) is 28.2. The first-order chi connectivity index (χ1) is 7.26. The number of aliphatic hydroxyl groups is 2. The van der Waals surface area contributed by atoms with Gasteiger partial charge in [-0.3, -0.25) is 0 Å². The van der Waals surface area contributed by atoms with Gasteiger partial charge in [-0.05, 0) is 32.2 Å². The Morgan fingerprint density at radius 1 is 1.47 bits per heavy atom. The Kier molecular flexibility index (Phi) is 6.64. The summed E-state index contributed by atoms with van der Waals surface area (Å²) in [5.74, 6) is 0.668. The zero-order chi connectivity index (χ0) is 11.1. The molecule has 0 radical (unpaired) electrons. The van der Waals surface area contributed by atoms with Crippen LogP contribution in [0.4, 0.5) is 0 Å². The minimum atomic E-state index is -0.544. The molecule has 0 aromatic rings. The number of thioether (sulfide) groups is 1. The summed E-state index contributed by atoms with van der Waals surface area (Å²) in [6.07, 6.45) is 4.36. The van der Waals surface area contributed by atoms with E-state index in [1.165, 1.54) is 25.7 Å². The van der Waals surface area contributed by atoms with Crippen molar-refractivity contribution in [3.63, 3.8) is 0 Å². The van der Waals surface area contributed by atoms with Crippen molar-refractivity contribution in [3.05, 3.63) is 0 Å². The van der Waals surface area contributed by atoms with Crippen LogP contribution in [0.5, 0.6) is 0 Å². The molecule has 0 aliphatic heterocycles. The summed E-state index contributed by atoms with van der Waals surface area (Å²) < 4.78 is 0. The molecule has 0 amide bonds. The van der Waals surface area contributed by atoms with Gasteiger partial charge >= 0.3 is 0 Å². The van der Waals surface area contributed by atoms with Gasteiger partial charge in [-0.25, -0.2) is 0 Å². The topological polar surface area (TPSA) is 52.5 Å². The zero-order valence-electron chi connectivity index (χ0n) is 9.48. The minimum absolute atomic E-state index is 0.114. The predicted octanol–water partition coefficient (Wildman–Crippen LogP) is 0.993. The second kappa shape index (κ2) is 7.49. The van der Waals surface area contributed by atoms with E-state index in [2.05, 4.69) is 12.2 Å². The number of hydrogen-bond donors (Lipinski definition) is 3. The van der Waals surface area contributed by atoms with E-state index in [9.17, 15) is 5.11 Å². The van der Waals surface area contributed by atoms with Crippen LogP contribution in [0.1, 0.15) is 32.6 Å². The second-order valence-corrected chi connectivity index (χ2v) is 5.59. The number of aliphatic hydroxyl groups excluding tert-OH is 2. The lowest BCUT2D eigenvalue weighted by Gasteiger charge is -2.13. The third kappa shape index (κ3) is 5.20. The van der Waals surface area contributed by atoms with E-state index in [1.54, 1.807) is 11.8 Å². The van der Waals surface area contributed by atoms with Crippen molar-refractivity contribution in [1.82, 2.24) is 5.32 Å². The fraction of sp³-hybridized carbons (Fsp3) is 1.00. The molecule has 0 aromatic heterocycles. The van der Waals surface area contributed by atoms with Crippen LogP contribution < -0.4 is 5.32 Å². The van der Waals surface area contributed by atoms with Gasteiger partial charge in [0.2, 0.25) is 0 Å². The molecule has 0 heterocycles. The van der Waals surface area contributed by atoms with E-state index in [4.69, 9.17) is 5.11 Å². The molecule has 0 bridgehead atoms. The number of hydrogen-bond acceptors (Lipinski definition) is 4. The fourth-order valence-electron chi connectivity index (χ4n) is 1.93. The number of rotatable bonds is 7. The summed E-state index contributed by atoms with van der Waals surface area (Å²) in [5, 5.41) is 22.1. The van der Waals surface area contributed by atoms with Crippen molar-refractivity contribution in [2.45, 2.75) is 50.0 Å². The maximum atomic E-state index is 9.24. The summed E-state index contributed by atoms with van der Waals surface area (Å²) in [5.41, 5.74) is 0. The molecule has 90 valence electrons. The van der Waals surface area contributed by atoms with Crippen molar-refractivity contribution in [2.24, 2.45) is 0 Å². The Bertz CT molecular complexity index is 169. The Morgan fingerprint density at radius 3 is 2.93 bits per heavy atom. The molecule has 3 N–H and O–H groups in total. The summed E-state index contributed by atoms with van der Waals surface area (Å²) in [4.78, 5) is 0. The lowest BCUT2D eigenvalue weighted by Crippen LogP contribution is -2.27. The van der Waals surface area contributed by atoms with E-state index < -0.39 is 6.10 Å². The van der Waals surface area contributed by atoms with Crippen LogP contribution in [0.3, 0.4) is 0 Å². The van der Waals surface area contributed by atoms with Crippen LogP contribution in [-0.2, 0) is 0 Å². The average molecular weight is 233 g/mol. The van der Waals surface area contributed by atoms with Crippen molar-refractivity contribution >= 4 is 11.8 Å². The van der Waals surface area contributed by atoms with Crippen LogP contribution in [0.25, 0.3) is 0 Å². The smallest absolute Gasteiger partial charge is 0.0861 e. The summed E-state index contributed by atoms with van der Waals surface area (Å²) in [7, 11) is 0. The molecule has 15 heavy (non-hydrogen) atoms. The molecule has 1 aliphatic rings. The van der Waals surface area contributed by atoms with E-state index in [0.29, 0.717) is 17.0 Å². The van der Waals surface area contributed by atoms with Gasteiger partial charge < -0.3 is 15.5 Å². The van der Waals surface area contributed by atoms with Gasteiger partial charge in [0.1, 0.15) is 0 Å². The van der Waals surface area contributed by atoms with E-state index >= 15 is 0 Å². The first kappa shape index (κ1) is 13.3. The summed E-state index contributed by atoms with van der Waals surface area (Å²) in [6.45, 7) is 3.18. The molecule has 3 atom stereocenters. The highest BCUT2D eigenvalue weighted by Crippen LogP contribution is 2.30. The molecule has 0 saturated heterocycles. The van der Waals surface area contributed by atoms with Crippen LogP contribution >= 0.6 is 11.8 Å². The zero-order valence-corrected chi connectivity index (χ0v) is 10.3. The molecule has 4 heteroatoms. The van der Waals surface area contributed by atoms with Gasteiger partial charge in [-0.1, -0.05) is 6.92 Å². The predicted molar refractivity (Wildman–Crippen MR) is 65.3 cm³/mol. The van der Waals surface area contributed by atoms with Gasteiger partial charge in [0.05, 0.1) is 12.7 Å². The molecule has 0 aromatic carbocycles. The van der Waals surface area contributed by atoms with Gasteiger partial charge in [-0.15, -0.1) is 0 Å². The molecular weight excluding hydrogens is 210 g/mol. The standard InChI is InChI=1S/C11H23NO2S/c1-2-5-12-9-3-4-11(6-9)15-8-10(14)7-13/h9-14H,2-8H2,1H3. The second-order valence-electron chi connectivity index (χ2n) is 4.26. The van der Waals surface area contributed by atoms with Crippen molar-refractivity contribution in [1.29, 1.82) is 0 Å². The highest BCUT2D eigenvalue weighted by atomic mass is 32.2. The Morgan fingerprint density at radius 2 is 2.27 bits per heavy atom. The SMILES string of the molecule is CCCNC1CCC(SCC(O)CO)C1. The molecule has 0 spiro atoms. The van der Waals surface area contributed by atoms with Crippen LogP contribution in [0.15, 0.2) is 0 Å². The van der Waals surface area contributed by atoms with Gasteiger partial charge in [0, 0.05) is 17.0 Å². The maximum Gasteiger partial charge on any atom is 0.0861 e. The van der Waals surface area contributed by atoms with E-state index in [1.807, 2.05) is 0 Å². The highest BCUT2D eigenvalue weighted by Gasteiger charge is 2.24. The first-order valence-corrected chi connectivity index (χ1v) is 6.95. The van der Waals surface area contributed by atoms with Gasteiger partial charge in [-0.2, -0.15) is 11.8 Å². The van der Waals surface area contributed by atoms with Crippen molar-refractivity contribution < 1.29 is 10.2 Å². The molecule has 1 fully saturated rings. The molecule has 1 saturated carbocycles. The number of nitrogens with one attached hydrogen (secondary N) is 1. The van der Waals surface area contributed by atoms with Crippen molar-refractivity contribution in [3.8, 4) is 0 Å². The maximum absolute atomic E-state index is 9.24. The molecule has 1 rings (SSSR count). The Balaban J connectivity index is 2.08. The van der Waals surface area contributed by atoms with Crippen molar-refractivity contribution in [2.75, 3.05) is 18.9 Å². The minimum Gasteiger partial charge on any atom is -0.394 e. The monoisotopic (exact) mass is 233 g/mol. The van der Waals surface area contributed by atoms with Gasteiger partial charge in [0.25, 0.3) is 0 Å². The van der Waals surface area contributed by atoms with Crippen LogP contribution in [0, 0.1) is 0 Å². The Hall–Kier alpha value is 0.230. The molecule has 3 unspecified atom stereocenters. The van der Waals surface area contributed by atoms with E-state index in [0.717, 1.165) is 6.54 Å². The van der Waals surface area contributed by atoms with Gasteiger partial charge in [0.15, 0.2) is 0 Å². The Labute approximate surface area is 96.6 Å². The average Bonchev–Trinajstić information content (AvgIpc) is 2.71. The molecule has 1 aliphatic carbocycles. The molecule has 3 nitrogen and oxygen atoms in total.